The summed E-state index contributed by atoms with van der Waals surface area (Å²) in [6.45, 7) is -0.971. The maximum atomic E-state index is 12.4. The molecule has 22 heavy (non-hydrogen) atoms. The van der Waals surface area contributed by atoms with E-state index in [2.05, 4.69) is 10.1 Å². The van der Waals surface area contributed by atoms with Gasteiger partial charge in [0.2, 0.25) is 5.91 Å². The van der Waals surface area contributed by atoms with Crippen LogP contribution < -0.4 is 10.1 Å². The Balaban J connectivity index is 1.61. The molecule has 2 aliphatic carbocycles. The van der Waals surface area contributed by atoms with Crippen LogP contribution in [0.4, 0.5) is 8.78 Å². The number of hydrogen-bond donors (Lipinski definition) is 1. The molecule has 0 unspecified atom stereocenters. The first kappa shape index (κ1) is 15.3. The van der Waals surface area contributed by atoms with Crippen molar-refractivity contribution in [1.29, 1.82) is 0 Å². The van der Waals surface area contributed by atoms with Crippen LogP contribution in [0.3, 0.4) is 0 Å². The molecule has 2 fully saturated rings. The average Bonchev–Trinajstić information content (AvgIpc) is 3.09. The molecule has 0 aliphatic heterocycles. The number of amides is 1. The van der Waals surface area contributed by atoms with Crippen LogP contribution >= 0.6 is 0 Å². The molecule has 1 aromatic rings. The quantitative estimate of drug-likeness (QED) is 0.896. The van der Waals surface area contributed by atoms with E-state index in [1.165, 1.54) is 18.9 Å². The maximum absolute atomic E-state index is 12.4. The average molecular weight is 309 g/mol. The fourth-order valence-electron chi connectivity index (χ4n) is 3.93. The van der Waals surface area contributed by atoms with Crippen LogP contribution in [0.5, 0.6) is 5.75 Å². The highest BCUT2D eigenvalue weighted by molar-refractivity contribution is 5.80. The Morgan fingerprint density at radius 3 is 2.77 bits per heavy atom. The summed E-state index contributed by atoms with van der Waals surface area (Å²) in [7, 11) is 0. The summed E-state index contributed by atoms with van der Waals surface area (Å²) >= 11 is 0. The van der Waals surface area contributed by atoms with E-state index in [-0.39, 0.29) is 23.6 Å². The van der Waals surface area contributed by atoms with Crippen LogP contribution in [-0.2, 0) is 4.79 Å². The van der Waals surface area contributed by atoms with Gasteiger partial charge in [-0.2, -0.15) is 8.78 Å². The van der Waals surface area contributed by atoms with Crippen molar-refractivity contribution < 1.29 is 18.3 Å². The van der Waals surface area contributed by atoms with Gasteiger partial charge < -0.3 is 10.1 Å². The van der Waals surface area contributed by atoms with E-state index in [9.17, 15) is 13.6 Å². The standard InChI is InChI=1S/C17H21F2NO2/c1-10(12-3-2-4-14(9-12)22-17(18)19)20-16(21)15-8-11-5-6-13(15)7-11/h2-4,9-11,13,15,17H,5-8H2,1H3,(H,20,21)/t10-,11-,13-,15+/m0/s1. The minimum absolute atomic E-state index is 0.0971. The lowest BCUT2D eigenvalue weighted by Crippen LogP contribution is -2.35. The van der Waals surface area contributed by atoms with Crippen molar-refractivity contribution in [2.75, 3.05) is 0 Å². The van der Waals surface area contributed by atoms with Gasteiger partial charge in [0.1, 0.15) is 5.75 Å². The Morgan fingerprint density at radius 1 is 1.32 bits per heavy atom. The summed E-state index contributed by atoms with van der Waals surface area (Å²) in [5, 5.41) is 3.02. The Hall–Kier alpha value is -1.65. The number of alkyl halides is 2. The zero-order chi connectivity index (χ0) is 15.7. The van der Waals surface area contributed by atoms with Gasteiger partial charge in [-0.05, 0) is 55.7 Å². The van der Waals surface area contributed by atoms with E-state index >= 15 is 0 Å². The molecule has 0 heterocycles. The number of carbonyl (C=O) groups excluding carboxylic acids is 1. The molecule has 5 heteroatoms. The number of ether oxygens (including phenoxy) is 1. The molecule has 0 spiro atoms. The van der Waals surface area contributed by atoms with E-state index in [4.69, 9.17) is 0 Å². The first-order chi connectivity index (χ1) is 10.5. The SMILES string of the molecule is C[C@H](NC(=O)[C@@H]1C[C@H]2CC[C@H]1C2)c1cccc(OC(F)F)c1. The third kappa shape index (κ3) is 3.23. The molecular weight excluding hydrogens is 288 g/mol. The number of hydrogen-bond acceptors (Lipinski definition) is 2. The molecule has 3 rings (SSSR count). The van der Waals surface area contributed by atoms with Crippen LogP contribution in [-0.4, -0.2) is 12.5 Å². The van der Waals surface area contributed by atoms with Crippen molar-refractivity contribution in [3.8, 4) is 5.75 Å². The van der Waals surface area contributed by atoms with E-state index in [0.717, 1.165) is 24.3 Å². The van der Waals surface area contributed by atoms with E-state index in [1.54, 1.807) is 12.1 Å². The predicted molar refractivity (Wildman–Crippen MR) is 78.6 cm³/mol. The highest BCUT2D eigenvalue weighted by Gasteiger charge is 2.43. The number of rotatable bonds is 5. The van der Waals surface area contributed by atoms with Gasteiger partial charge in [-0.3, -0.25) is 4.79 Å². The van der Waals surface area contributed by atoms with Gasteiger partial charge in [0.05, 0.1) is 6.04 Å². The summed E-state index contributed by atoms with van der Waals surface area (Å²) in [4.78, 5) is 12.4. The minimum atomic E-state index is -2.84. The van der Waals surface area contributed by atoms with Crippen molar-refractivity contribution >= 4 is 5.91 Å². The van der Waals surface area contributed by atoms with Crippen molar-refractivity contribution in [2.24, 2.45) is 17.8 Å². The fourth-order valence-corrected chi connectivity index (χ4v) is 3.93. The Labute approximate surface area is 129 Å². The van der Waals surface area contributed by atoms with Crippen molar-refractivity contribution in [1.82, 2.24) is 5.32 Å². The largest absolute Gasteiger partial charge is 0.435 e. The second-order valence-electron chi connectivity index (χ2n) is 6.46. The fraction of sp³-hybridized carbons (Fsp3) is 0.588. The molecule has 2 bridgehead atoms. The van der Waals surface area contributed by atoms with Gasteiger partial charge in [0, 0.05) is 5.92 Å². The molecule has 1 N–H and O–H groups in total. The Bertz CT molecular complexity index is 549. The lowest BCUT2D eigenvalue weighted by Gasteiger charge is -2.23. The molecule has 1 amide bonds. The smallest absolute Gasteiger partial charge is 0.387 e. The van der Waals surface area contributed by atoms with Crippen LogP contribution in [0, 0.1) is 17.8 Å². The van der Waals surface area contributed by atoms with Crippen LogP contribution in [0.2, 0.25) is 0 Å². The topological polar surface area (TPSA) is 38.3 Å². The maximum Gasteiger partial charge on any atom is 0.387 e. The third-order valence-electron chi connectivity index (χ3n) is 5.02. The summed E-state index contributed by atoms with van der Waals surface area (Å²) < 4.78 is 28.9. The van der Waals surface area contributed by atoms with Gasteiger partial charge in [0.25, 0.3) is 0 Å². The molecule has 120 valence electrons. The van der Waals surface area contributed by atoms with Crippen molar-refractivity contribution in [3.05, 3.63) is 29.8 Å². The Morgan fingerprint density at radius 2 is 2.14 bits per heavy atom. The summed E-state index contributed by atoms with van der Waals surface area (Å²) in [5.41, 5.74) is 0.773. The molecule has 2 saturated carbocycles. The molecular formula is C17H21F2NO2. The lowest BCUT2D eigenvalue weighted by atomic mass is 9.88. The molecule has 0 aromatic heterocycles. The highest BCUT2D eigenvalue weighted by atomic mass is 19.3. The molecule has 4 atom stereocenters. The zero-order valence-electron chi connectivity index (χ0n) is 12.6. The molecule has 0 saturated heterocycles. The van der Waals surface area contributed by atoms with Gasteiger partial charge in [-0.1, -0.05) is 18.6 Å². The van der Waals surface area contributed by atoms with E-state index < -0.39 is 6.61 Å². The Kier molecular flexibility index (Phi) is 4.32. The van der Waals surface area contributed by atoms with Crippen LogP contribution in [0.25, 0.3) is 0 Å². The van der Waals surface area contributed by atoms with Crippen molar-refractivity contribution in [3.63, 3.8) is 0 Å². The van der Waals surface area contributed by atoms with Crippen LogP contribution in [0.15, 0.2) is 24.3 Å². The first-order valence-corrected chi connectivity index (χ1v) is 7.88. The number of nitrogens with one attached hydrogen (secondary N) is 1. The van der Waals surface area contributed by atoms with Gasteiger partial charge in [-0.25, -0.2) is 0 Å². The number of carbonyl (C=O) groups is 1. The third-order valence-corrected chi connectivity index (χ3v) is 5.02. The van der Waals surface area contributed by atoms with Crippen molar-refractivity contribution in [2.45, 2.75) is 45.3 Å². The van der Waals surface area contributed by atoms with Gasteiger partial charge in [-0.15, -0.1) is 0 Å². The van der Waals surface area contributed by atoms with Gasteiger partial charge in [0.15, 0.2) is 0 Å². The second-order valence-corrected chi connectivity index (χ2v) is 6.46. The lowest BCUT2D eigenvalue weighted by molar-refractivity contribution is -0.127. The van der Waals surface area contributed by atoms with Gasteiger partial charge >= 0.3 is 6.61 Å². The normalized spacial score (nSPS) is 27.9. The number of halogens is 2. The molecule has 3 nitrogen and oxygen atoms in total. The molecule has 0 radical (unpaired) electrons. The number of benzene rings is 1. The minimum Gasteiger partial charge on any atom is -0.435 e. The predicted octanol–water partition coefficient (Wildman–Crippen LogP) is 3.90. The second kappa shape index (κ2) is 6.23. The molecule has 2 aliphatic rings. The first-order valence-electron chi connectivity index (χ1n) is 7.88. The monoisotopic (exact) mass is 309 g/mol. The summed E-state index contributed by atoms with van der Waals surface area (Å²) in [6.07, 6.45) is 4.60. The zero-order valence-corrected chi connectivity index (χ0v) is 12.6. The van der Waals surface area contributed by atoms with Crippen LogP contribution in [0.1, 0.15) is 44.2 Å². The number of fused-ring (bicyclic) bond motifs is 2. The molecule has 1 aromatic carbocycles. The van der Waals surface area contributed by atoms with E-state index in [0.29, 0.717) is 5.92 Å². The summed E-state index contributed by atoms with van der Waals surface area (Å²) in [6, 6.07) is 6.29. The van der Waals surface area contributed by atoms with E-state index in [1.807, 2.05) is 13.0 Å². The highest BCUT2D eigenvalue weighted by Crippen LogP contribution is 2.48. The summed E-state index contributed by atoms with van der Waals surface area (Å²) in [5.74, 6) is 1.60.